The summed E-state index contributed by atoms with van der Waals surface area (Å²) < 4.78 is 5.39. The molecular formula is C21H29N3O2S2. The molecular weight excluding hydrogens is 390 g/mol. The minimum Gasteiger partial charge on any atom is -0.379 e. The molecule has 1 aliphatic carbocycles. The normalized spacial score (nSPS) is 20.8. The summed E-state index contributed by atoms with van der Waals surface area (Å²) in [5.41, 5.74) is 2.70. The fraction of sp³-hybridized carbons (Fsp3) is 0.619. The van der Waals surface area contributed by atoms with Gasteiger partial charge in [-0.3, -0.25) is 15.0 Å². The van der Waals surface area contributed by atoms with E-state index in [2.05, 4.69) is 42.0 Å². The molecule has 28 heavy (non-hydrogen) atoms. The van der Waals surface area contributed by atoms with Crippen molar-refractivity contribution in [3.8, 4) is 0 Å². The van der Waals surface area contributed by atoms with Crippen LogP contribution in [-0.2, 0) is 24.1 Å². The van der Waals surface area contributed by atoms with Gasteiger partial charge in [0.05, 0.1) is 23.8 Å². The number of carbonyl (C=O) groups is 1. The Morgan fingerprint density at radius 3 is 2.89 bits per heavy atom. The van der Waals surface area contributed by atoms with Crippen LogP contribution in [0.2, 0.25) is 0 Å². The van der Waals surface area contributed by atoms with E-state index in [-0.39, 0.29) is 5.91 Å². The number of carbonyl (C=O) groups excluding carboxylic acids is 1. The maximum Gasteiger partial charge on any atom is 0.267 e. The average Bonchev–Trinajstić information content (AvgIpc) is 3.28. The molecule has 1 aliphatic heterocycles. The number of thiophene rings is 1. The molecule has 5 nitrogen and oxygen atoms in total. The highest BCUT2D eigenvalue weighted by Gasteiger charge is 2.30. The maximum absolute atomic E-state index is 12.7. The standard InChI is InChI=1S/C21H29N3O2S2/c1-21(2,3)15-4-5-17-14(10-15)11-18(28-17)19(25)23-20-22-16(13-27-20)12-24-6-8-26-9-7-24/h11,13,15H,4-10,12H2,1-3H3,(H,22,23,25)/t15-/m1/s1. The van der Waals surface area contributed by atoms with Crippen molar-refractivity contribution in [1.29, 1.82) is 0 Å². The van der Waals surface area contributed by atoms with Crippen LogP contribution in [0.5, 0.6) is 0 Å². The Kier molecular flexibility index (Phi) is 5.88. The Morgan fingerprint density at radius 1 is 1.36 bits per heavy atom. The highest BCUT2D eigenvalue weighted by molar-refractivity contribution is 7.15. The number of fused-ring (bicyclic) bond motifs is 1. The van der Waals surface area contributed by atoms with E-state index in [9.17, 15) is 4.79 Å². The van der Waals surface area contributed by atoms with Crippen molar-refractivity contribution in [3.63, 3.8) is 0 Å². The van der Waals surface area contributed by atoms with Crippen molar-refractivity contribution in [1.82, 2.24) is 9.88 Å². The van der Waals surface area contributed by atoms with Gasteiger partial charge in [-0.25, -0.2) is 4.98 Å². The van der Waals surface area contributed by atoms with Gasteiger partial charge >= 0.3 is 0 Å². The summed E-state index contributed by atoms with van der Waals surface area (Å²) in [6, 6.07) is 2.11. The highest BCUT2D eigenvalue weighted by atomic mass is 32.1. The van der Waals surface area contributed by atoms with E-state index < -0.39 is 0 Å². The zero-order valence-corrected chi connectivity index (χ0v) is 18.5. The first-order valence-corrected chi connectivity index (χ1v) is 11.8. The van der Waals surface area contributed by atoms with Crippen LogP contribution in [0, 0.1) is 11.3 Å². The molecule has 2 aromatic rings. The minimum absolute atomic E-state index is 0.0287. The first kappa shape index (κ1) is 20.0. The number of thiazole rings is 1. The van der Waals surface area contributed by atoms with Gasteiger partial charge in [-0.2, -0.15) is 0 Å². The molecule has 0 aromatic carbocycles. The summed E-state index contributed by atoms with van der Waals surface area (Å²) in [7, 11) is 0. The van der Waals surface area contributed by atoms with Crippen LogP contribution < -0.4 is 5.32 Å². The van der Waals surface area contributed by atoms with Gasteiger partial charge < -0.3 is 4.74 Å². The smallest absolute Gasteiger partial charge is 0.267 e. The van der Waals surface area contributed by atoms with Crippen LogP contribution >= 0.6 is 22.7 Å². The van der Waals surface area contributed by atoms with Crippen LogP contribution in [-0.4, -0.2) is 42.1 Å². The Hall–Kier alpha value is -1.28. The van der Waals surface area contributed by atoms with Gasteiger partial charge in [0.25, 0.3) is 5.91 Å². The lowest BCUT2D eigenvalue weighted by Gasteiger charge is -2.33. The Bertz CT molecular complexity index is 831. The third kappa shape index (κ3) is 4.64. The summed E-state index contributed by atoms with van der Waals surface area (Å²) in [6.07, 6.45) is 3.40. The molecule has 152 valence electrons. The molecule has 0 unspecified atom stereocenters. The second kappa shape index (κ2) is 8.22. The fourth-order valence-corrected chi connectivity index (χ4v) is 5.76. The zero-order chi connectivity index (χ0) is 19.7. The second-order valence-corrected chi connectivity index (χ2v) is 10.8. The van der Waals surface area contributed by atoms with E-state index in [1.54, 1.807) is 11.3 Å². The molecule has 0 saturated carbocycles. The Balaban J connectivity index is 1.38. The van der Waals surface area contributed by atoms with E-state index >= 15 is 0 Å². The molecule has 2 aliphatic rings. The summed E-state index contributed by atoms with van der Waals surface area (Å²) in [5.74, 6) is 0.659. The topological polar surface area (TPSA) is 54.5 Å². The van der Waals surface area contributed by atoms with Crippen molar-refractivity contribution < 1.29 is 9.53 Å². The van der Waals surface area contributed by atoms with Crippen LogP contribution in [0.4, 0.5) is 5.13 Å². The van der Waals surface area contributed by atoms with Crippen LogP contribution in [0.1, 0.15) is 53.0 Å². The first-order valence-electron chi connectivity index (χ1n) is 10.1. The molecule has 3 heterocycles. The largest absolute Gasteiger partial charge is 0.379 e. The zero-order valence-electron chi connectivity index (χ0n) is 16.9. The van der Waals surface area contributed by atoms with Gasteiger partial charge in [-0.05, 0) is 42.2 Å². The lowest BCUT2D eigenvalue weighted by atomic mass is 9.72. The van der Waals surface area contributed by atoms with Crippen molar-refractivity contribution in [2.75, 3.05) is 31.6 Å². The second-order valence-electron chi connectivity index (χ2n) is 8.85. The van der Waals surface area contributed by atoms with E-state index in [4.69, 9.17) is 4.74 Å². The number of ether oxygens (including phenoxy) is 1. The lowest BCUT2D eigenvalue weighted by Crippen LogP contribution is -2.35. The molecule has 1 amide bonds. The molecule has 7 heteroatoms. The molecule has 1 saturated heterocycles. The predicted molar refractivity (Wildman–Crippen MR) is 115 cm³/mol. The number of aromatic nitrogens is 1. The number of rotatable bonds is 4. The van der Waals surface area contributed by atoms with Crippen molar-refractivity contribution >= 4 is 33.7 Å². The monoisotopic (exact) mass is 419 g/mol. The first-order chi connectivity index (χ1) is 13.4. The van der Waals surface area contributed by atoms with E-state index in [1.807, 2.05) is 5.38 Å². The number of anilines is 1. The summed E-state index contributed by atoms with van der Waals surface area (Å²) in [6.45, 7) is 11.2. The summed E-state index contributed by atoms with van der Waals surface area (Å²) in [5, 5.41) is 5.73. The van der Waals surface area contributed by atoms with E-state index in [0.29, 0.717) is 16.5 Å². The van der Waals surface area contributed by atoms with Gasteiger partial charge in [0.15, 0.2) is 5.13 Å². The summed E-state index contributed by atoms with van der Waals surface area (Å²) >= 11 is 3.16. The number of aryl methyl sites for hydroxylation is 1. The number of hydrogen-bond acceptors (Lipinski definition) is 6. The fourth-order valence-electron chi connectivity index (χ4n) is 3.96. The SMILES string of the molecule is CC(C)(C)[C@@H]1CCc2sc(C(=O)Nc3nc(CN4CCOCC4)cs3)cc2C1. The number of amides is 1. The lowest BCUT2D eigenvalue weighted by molar-refractivity contribution is 0.0337. The van der Waals surface area contributed by atoms with Crippen molar-refractivity contribution in [2.24, 2.45) is 11.3 Å². The van der Waals surface area contributed by atoms with Crippen molar-refractivity contribution in [2.45, 2.75) is 46.6 Å². The molecule has 0 spiro atoms. The van der Waals surface area contributed by atoms with Crippen molar-refractivity contribution in [3.05, 3.63) is 32.5 Å². The number of nitrogens with one attached hydrogen (secondary N) is 1. The molecule has 1 atom stereocenters. The van der Waals surface area contributed by atoms with Gasteiger partial charge in [0.2, 0.25) is 0 Å². The number of nitrogens with zero attached hydrogens (tertiary/aromatic N) is 2. The molecule has 0 radical (unpaired) electrons. The van der Waals surface area contributed by atoms with Gasteiger partial charge in [0.1, 0.15) is 0 Å². The molecule has 2 aromatic heterocycles. The van der Waals surface area contributed by atoms with Gasteiger partial charge in [-0.1, -0.05) is 20.8 Å². The number of hydrogen-bond donors (Lipinski definition) is 1. The Morgan fingerprint density at radius 2 is 2.14 bits per heavy atom. The molecule has 1 fully saturated rings. The Labute approximate surface area is 175 Å². The highest BCUT2D eigenvalue weighted by Crippen LogP contribution is 2.40. The molecule has 4 rings (SSSR count). The van der Waals surface area contributed by atoms with Gasteiger partial charge in [-0.15, -0.1) is 22.7 Å². The van der Waals surface area contributed by atoms with E-state index in [0.717, 1.165) is 56.3 Å². The average molecular weight is 420 g/mol. The maximum atomic E-state index is 12.7. The van der Waals surface area contributed by atoms with E-state index in [1.165, 1.54) is 28.2 Å². The number of morpholine rings is 1. The van der Waals surface area contributed by atoms with Crippen LogP contribution in [0.3, 0.4) is 0 Å². The molecule has 1 N–H and O–H groups in total. The third-order valence-electron chi connectivity index (χ3n) is 5.79. The predicted octanol–water partition coefficient (Wildman–Crippen LogP) is 4.44. The summed E-state index contributed by atoms with van der Waals surface area (Å²) in [4.78, 5) is 21.9. The van der Waals surface area contributed by atoms with Gasteiger partial charge in [0, 0.05) is 29.9 Å². The third-order valence-corrected chi connectivity index (χ3v) is 7.84. The molecule has 0 bridgehead atoms. The van der Waals surface area contributed by atoms with Crippen LogP contribution in [0.25, 0.3) is 0 Å². The quantitative estimate of drug-likeness (QED) is 0.796. The van der Waals surface area contributed by atoms with Crippen LogP contribution in [0.15, 0.2) is 11.4 Å². The minimum atomic E-state index is -0.0287.